The number of nitrogens with two attached hydrogens (primary N) is 2. The summed E-state index contributed by atoms with van der Waals surface area (Å²) < 4.78 is 0. The van der Waals surface area contributed by atoms with Gasteiger partial charge >= 0.3 is 0 Å². The van der Waals surface area contributed by atoms with Crippen LogP contribution in [0.4, 0.5) is 0 Å². The Morgan fingerprint density at radius 1 is 0.580 bits per heavy atom. The molecule has 5 heterocycles. The molecule has 0 aliphatic carbocycles. The van der Waals surface area contributed by atoms with E-state index in [9.17, 15) is 14.4 Å². The molecule has 6 atom stereocenters. The van der Waals surface area contributed by atoms with Crippen molar-refractivity contribution >= 4 is 63.2 Å². The first kappa shape index (κ1) is 46.2. The average Bonchev–Trinajstić information content (AvgIpc) is 4.13. The molecule has 2 saturated heterocycles. The smallest absolute Gasteiger partial charge is 0.248 e. The predicted octanol–water partition coefficient (Wildman–Crippen LogP) is 2.80. The van der Waals surface area contributed by atoms with E-state index in [0.29, 0.717) is 31.2 Å². The maximum atomic E-state index is 15.1. The van der Waals surface area contributed by atoms with Gasteiger partial charge in [-0.05, 0) is 72.1 Å². The Balaban J connectivity index is 1.14. The summed E-state index contributed by atoms with van der Waals surface area (Å²) in [5.41, 5.74) is 16.6. The van der Waals surface area contributed by atoms with Crippen LogP contribution in [0.25, 0.3) is 21.8 Å². The van der Waals surface area contributed by atoms with Crippen molar-refractivity contribution in [1.29, 1.82) is 0 Å². The molecule has 0 unspecified atom stereocenters. The maximum Gasteiger partial charge on any atom is 0.248 e. The average molecular weight is 932 g/mol. The number of H-pyrrole nitrogens is 2. The van der Waals surface area contributed by atoms with E-state index in [2.05, 4.69) is 36.2 Å². The van der Waals surface area contributed by atoms with Gasteiger partial charge in [0.25, 0.3) is 0 Å². The second-order valence-electron chi connectivity index (χ2n) is 18.1. The van der Waals surface area contributed by atoms with E-state index in [4.69, 9.17) is 11.5 Å². The Bertz CT molecular complexity index is 2910. The van der Waals surface area contributed by atoms with Crippen molar-refractivity contribution in [2.45, 2.75) is 87.6 Å². The number of carbonyl (C=O) groups excluding carboxylic acids is 6. The van der Waals surface area contributed by atoms with E-state index in [-0.39, 0.29) is 51.3 Å². The number of aliphatic imine (C=N–C) groups is 1. The fraction of sp³-hybridized carbons (Fsp3) is 0.327. The van der Waals surface area contributed by atoms with Crippen LogP contribution in [-0.4, -0.2) is 111 Å². The molecule has 17 nitrogen and oxygen atoms in total. The number of para-hydroxylation sites is 2. The number of benzene rings is 4. The molecule has 0 saturated carbocycles. The lowest BCUT2D eigenvalue weighted by Gasteiger charge is -2.40. The zero-order valence-corrected chi connectivity index (χ0v) is 38.2. The summed E-state index contributed by atoms with van der Waals surface area (Å²) in [5.74, 6) is -3.53. The molecule has 6 amide bonds. The summed E-state index contributed by atoms with van der Waals surface area (Å²) in [5, 5.41) is 13.6. The number of fused-ring (bicyclic) bond motifs is 6. The Kier molecular flexibility index (Phi) is 13.7. The molecule has 3 aliphatic heterocycles. The minimum absolute atomic E-state index is 0.0182. The standard InChI is InChI=1S/C52H57N11O6/c53-52(54)55-23-10-20-40-50(68)62-24-11-21-44(62)51(69)63-25-22-32-14-4-5-17-37(32)45(63)49(67)61-43(28-34-30-57-39-19-9-7-16-36(34)39)48(66)59-41(26-31-12-2-1-3-13-31)46(64)60-42(47(65)58-40)27-33-29-56-38-18-8-6-15-35(33)38/h1-9,12-19,29-30,40-45,56-57H,10-11,20-28H2,(H,58,65)(H,59,66)(H,60,64)(H,61,67)(H4,53,54,55)/t40-,41+,42-,43-,44+,45-/m0/s1. The maximum absolute atomic E-state index is 15.1. The third-order valence-corrected chi connectivity index (χ3v) is 13.6. The first-order valence-electron chi connectivity index (χ1n) is 23.6. The number of carbonyl (C=O) groups is 6. The zero-order chi connectivity index (χ0) is 48.0. The van der Waals surface area contributed by atoms with Crippen molar-refractivity contribution in [2.24, 2.45) is 16.5 Å². The quantitative estimate of drug-likeness (QED) is 0.0575. The molecule has 17 heteroatoms. The zero-order valence-electron chi connectivity index (χ0n) is 38.2. The number of hydrogen-bond acceptors (Lipinski definition) is 7. The van der Waals surface area contributed by atoms with Gasteiger partial charge in [-0.1, -0.05) is 91.0 Å². The van der Waals surface area contributed by atoms with Gasteiger partial charge in [-0.15, -0.1) is 0 Å². The van der Waals surface area contributed by atoms with Crippen LogP contribution in [0.1, 0.15) is 59.5 Å². The Labute approximate surface area is 398 Å². The van der Waals surface area contributed by atoms with Gasteiger partial charge in [0.1, 0.15) is 36.3 Å². The number of hydrogen-bond donors (Lipinski definition) is 8. The Hall–Kier alpha value is -7.95. The van der Waals surface area contributed by atoms with Gasteiger partial charge in [-0.2, -0.15) is 0 Å². The summed E-state index contributed by atoms with van der Waals surface area (Å²) in [6, 6.07) is 24.8. The molecule has 0 bridgehead atoms. The summed E-state index contributed by atoms with van der Waals surface area (Å²) in [6.45, 7) is 0.589. The molecule has 0 radical (unpaired) electrons. The van der Waals surface area contributed by atoms with Crippen molar-refractivity contribution in [2.75, 3.05) is 19.6 Å². The summed E-state index contributed by atoms with van der Waals surface area (Å²) in [6.07, 6.45) is 5.37. The number of guanidine groups is 1. The number of aromatic amines is 2. The highest BCUT2D eigenvalue weighted by molar-refractivity contribution is 6.00. The summed E-state index contributed by atoms with van der Waals surface area (Å²) in [7, 11) is 0. The van der Waals surface area contributed by atoms with E-state index in [1.807, 2.05) is 97.1 Å². The van der Waals surface area contributed by atoms with Crippen molar-refractivity contribution < 1.29 is 28.8 Å². The van der Waals surface area contributed by atoms with Crippen molar-refractivity contribution in [3.05, 3.63) is 143 Å². The topological polar surface area (TPSA) is 253 Å². The normalized spacial score (nSPS) is 22.7. The fourth-order valence-corrected chi connectivity index (χ4v) is 10.1. The number of amides is 6. The molecule has 9 rings (SSSR count). The molecule has 0 spiro atoms. The SMILES string of the molecule is NC(N)=NCCC[C@@H]1NC(=O)[C@H](Cc2c[nH]c3ccccc23)NC(=O)[C@@H](Cc2ccccc2)NC(=O)[C@H](Cc2c[nH]c3ccccc23)NC(=O)[C@@H]2c3ccccc3CCN2C(=O)[C@H]2CCCN2C1=O. The van der Waals surface area contributed by atoms with Crippen molar-refractivity contribution in [1.82, 2.24) is 41.0 Å². The van der Waals surface area contributed by atoms with Crippen LogP contribution < -0.4 is 32.7 Å². The van der Waals surface area contributed by atoms with Gasteiger partial charge in [0.05, 0.1) is 0 Å². The molecule has 2 fully saturated rings. The van der Waals surface area contributed by atoms with Crippen LogP contribution in [0, 0.1) is 0 Å². The molecule has 69 heavy (non-hydrogen) atoms. The van der Waals surface area contributed by atoms with E-state index in [1.54, 1.807) is 18.5 Å². The van der Waals surface area contributed by atoms with Gasteiger partial charge in [-0.3, -0.25) is 33.8 Å². The number of nitrogens with zero attached hydrogens (tertiary/aromatic N) is 3. The highest BCUT2D eigenvalue weighted by Crippen LogP contribution is 2.34. The van der Waals surface area contributed by atoms with Crippen LogP contribution in [-0.2, 0) is 54.5 Å². The van der Waals surface area contributed by atoms with Crippen LogP contribution in [0.5, 0.6) is 0 Å². The molecule has 4 aromatic carbocycles. The van der Waals surface area contributed by atoms with Crippen molar-refractivity contribution in [3.63, 3.8) is 0 Å². The fourth-order valence-electron chi connectivity index (χ4n) is 10.1. The van der Waals surface area contributed by atoms with Crippen molar-refractivity contribution in [3.8, 4) is 0 Å². The summed E-state index contributed by atoms with van der Waals surface area (Å²) in [4.78, 5) is 104. The van der Waals surface area contributed by atoms with Gasteiger partial charge in [0.2, 0.25) is 35.4 Å². The largest absolute Gasteiger partial charge is 0.370 e. The first-order valence-corrected chi connectivity index (χ1v) is 23.6. The lowest BCUT2D eigenvalue weighted by molar-refractivity contribution is -0.150. The molecule has 3 aliphatic rings. The highest BCUT2D eigenvalue weighted by atomic mass is 16.2. The number of rotatable bonds is 10. The van der Waals surface area contributed by atoms with Crippen LogP contribution >= 0.6 is 0 Å². The third kappa shape index (κ3) is 10.2. The Morgan fingerprint density at radius 2 is 1.13 bits per heavy atom. The molecular weight excluding hydrogens is 875 g/mol. The minimum atomic E-state index is -1.24. The second kappa shape index (κ2) is 20.5. The minimum Gasteiger partial charge on any atom is -0.370 e. The molecule has 356 valence electrons. The van der Waals surface area contributed by atoms with Crippen LogP contribution in [0.15, 0.2) is 121 Å². The van der Waals surface area contributed by atoms with E-state index >= 15 is 14.4 Å². The van der Waals surface area contributed by atoms with Gasteiger partial charge in [0, 0.05) is 73.1 Å². The Morgan fingerprint density at radius 3 is 1.77 bits per heavy atom. The van der Waals surface area contributed by atoms with E-state index < -0.39 is 71.7 Å². The van der Waals surface area contributed by atoms with E-state index in [0.717, 1.165) is 44.1 Å². The monoisotopic (exact) mass is 931 g/mol. The van der Waals surface area contributed by atoms with Gasteiger partial charge < -0.3 is 52.5 Å². The van der Waals surface area contributed by atoms with Gasteiger partial charge in [0.15, 0.2) is 5.96 Å². The number of nitrogens with one attached hydrogen (secondary N) is 6. The highest BCUT2D eigenvalue weighted by Gasteiger charge is 2.45. The summed E-state index contributed by atoms with van der Waals surface area (Å²) >= 11 is 0. The van der Waals surface area contributed by atoms with Crippen LogP contribution in [0.3, 0.4) is 0 Å². The molecular formula is C52H57N11O6. The molecule has 2 aromatic heterocycles. The predicted molar refractivity (Wildman–Crippen MR) is 261 cm³/mol. The lowest BCUT2D eigenvalue weighted by atomic mass is 9.90. The lowest BCUT2D eigenvalue weighted by Crippen LogP contribution is -2.61. The van der Waals surface area contributed by atoms with Gasteiger partial charge in [-0.25, -0.2) is 0 Å². The van der Waals surface area contributed by atoms with E-state index in [1.165, 1.54) is 9.80 Å². The first-order chi connectivity index (χ1) is 33.5. The van der Waals surface area contributed by atoms with Crippen LogP contribution in [0.2, 0.25) is 0 Å². The number of aromatic nitrogens is 2. The third-order valence-electron chi connectivity index (χ3n) is 13.6. The molecule has 10 N–H and O–H groups in total. The molecule has 6 aromatic rings. The second-order valence-corrected chi connectivity index (χ2v) is 18.1.